The third-order valence-corrected chi connectivity index (χ3v) is 3.44. The van der Waals surface area contributed by atoms with Crippen molar-refractivity contribution in [3.63, 3.8) is 0 Å². The Bertz CT molecular complexity index is 451. The standard InChI is InChI=1S/C11H10BrF3O3S/c12-7-1-2-8(10(16)17)9(5-7)19-4-3-18-6-11(13,14)15/h1-2,5H,3-4,6H2,(H,16,17). The third kappa shape index (κ3) is 6.31. The number of aromatic carboxylic acids is 1. The van der Waals surface area contributed by atoms with Crippen molar-refractivity contribution in [2.24, 2.45) is 0 Å². The van der Waals surface area contributed by atoms with E-state index in [2.05, 4.69) is 20.7 Å². The van der Waals surface area contributed by atoms with Crippen LogP contribution in [0.1, 0.15) is 10.4 Å². The molecular formula is C11H10BrF3O3S. The Balaban J connectivity index is 2.49. The Kier molecular flexibility index (Phi) is 6.15. The first kappa shape index (κ1) is 16.3. The van der Waals surface area contributed by atoms with Crippen molar-refractivity contribution in [2.75, 3.05) is 19.0 Å². The van der Waals surface area contributed by atoms with Crippen LogP contribution in [0.2, 0.25) is 0 Å². The fourth-order valence-corrected chi connectivity index (χ4v) is 2.65. The summed E-state index contributed by atoms with van der Waals surface area (Å²) in [6, 6.07) is 4.64. The molecule has 1 aromatic rings. The molecular weight excluding hydrogens is 349 g/mol. The van der Waals surface area contributed by atoms with Crippen molar-refractivity contribution in [1.29, 1.82) is 0 Å². The van der Waals surface area contributed by atoms with Crippen molar-refractivity contribution >= 4 is 33.7 Å². The average molecular weight is 359 g/mol. The molecule has 0 aliphatic heterocycles. The quantitative estimate of drug-likeness (QED) is 0.620. The summed E-state index contributed by atoms with van der Waals surface area (Å²) in [5, 5.41) is 8.96. The maximum atomic E-state index is 11.8. The molecule has 0 bridgehead atoms. The van der Waals surface area contributed by atoms with Gasteiger partial charge in [-0.2, -0.15) is 13.2 Å². The SMILES string of the molecule is O=C(O)c1ccc(Br)cc1SCCOCC(F)(F)F. The Morgan fingerprint density at radius 1 is 1.42 bits per heavy atom. The molecule has 8 heteroatoms. The number of alkyl halides is 3. The van der Waals surface area contributed by atoms with E-state index in [1.165, 1.54) is 6.07 Å². The lowest BCUT2D eigenvalue weighted by molar-refractivity contribution is -0.172. The molecule has 3 nitrogen and oxygen atoms in total. The van der Waals surface area contributed by atoms with Gasteiger partial charge in [0.2, 0.25) is 0 Å². The second kappa shape index (κ2) is 7.16. The van der Waals surface area contributed by atoms with Gasteiger partial charge < -0.3 is 9.84 Å². The second-order valence-electron chi connectivity index (χ2n) is 3.46. The molecule has 19 heavy (non-hydrogen) atoms. The molecule has 0 unspecified atom stereocenters. The molecule has 1 N–H and O–H groups in total. The summed E-state index contributed by atoms with van der Waals surface area (Å²) in [7, 11) is 0. The van der Waals surface area contributed by atoms with Gasteiger partial charge in [0, 0.05) is 15.1 Å². The molecule has 0 atom stereocenters. The fraction of sp³-hybridized carbons (Fsp3) is 0.364. The number of hydrogen-bond acceptors (Lipinski definition) is 3. The zero-order chi connectivity index (χ0) is 14.5. The summed E-state index contributed by atoms with van der Waals surface area (Å²) in [6.45, 7) is -1.40. The number of rotatable bonds is 6. The van der Waals surface area contributed by atoms with Crippen molar-refractivity contribution in [3.8, 4) is 0 Å². The van der Waals surface area contributed by atoms with Gasteiger partial charge in [-0.1, -0.05) is 15.9 Å². The van der Waals surface area contributed by atoms with Gasteiger partial charge >= 0.3 is 12.1 Å². The van der Waals surface area contributed by atoms with Crippen LogP contribution < -0.4 is 0 Å². The number of carboxylic acid groups (broad SMARTS) is 1. The third-order valence-electron chi connectivity index (χ3n) is 1.93. The number of halogens is 4. The highest BCUT2D eigenvalue weighted by Crippen LogP contribution is 2.26. The molecule has 0 aromatic heterocycles. The number of carbonyl (C=O) groups is 1. The predicted octanol–water partition coefficient (Wildman–Crippen LogP) is 3.82. The summed E-state index contributed by atoms with van der Waals surface area (Å²) in [5.41, 5.74) is 0.115. The van der Waals surface area contributed by atoms with Crippen LogP contribution in [0.3, 0.4) is 0 Å². The number of benzene rings is 1. The zero-order valence-corrected chi connectivity index (χ0v) is 11.9. The van der Waals surface area contributed by atoms with Crippen LogP contribution in [-0.2, 0) is 4.74 Å². The fourth-order valence-electron chi connectivity index (χ4n) is 1.19. The summed E-state index contributed by atoms with van der Waals surface area (Å²) in [5.74, 6) is -0.835. The monoisotopic (exact) mass is 358 g/mol. The Morgan fingerprint density at radius 2 is 2.11 bits per heavy atom. The van der Waals surface area contributed by atoms with E-state index in [1.807, 2.05) is 0 Å². The molecule has 0 heterocycles. The summed E-state index contributed by atoms with van der Waals surface area (Å²) in [6.07, 6.45) is -4.34. The van der Waals surface area contributed by atoms with Gasteiger partial charge in [-0.15, -0.1) is 11.8 Å². The van der Waals surface area contributed by atoms with Gasteiger partial charge in [0.05, 0.1) is 12.2 Å². The highest BCUT2D eigenvalue weighted by Gasteiger charge is 2.27. The maximum absolute atomic E-state index is 11.8. The minimum absolute atomic E-state index is 0.101. The van der Waals surface area contributed by atoms with Crippen molar-refractivity contribution in [3.05, 3.63) is 28.2 Å². The Hall–Kier alpha value is -0.730. The lowest BCUT2D eigenvalue weighted by Gasteiger charge is -2.08. The first-order chi connectivity index (χ1) is 8.79. The van der Waals surface area contributed by atoms with E-state index in [0.29, 0.717) is 9.37 Å². The first-order valence-corrected chi connectivity index (χ1v) is 6.87. The lowest BCUT2D eigenvalue weighted by atomic mass is 10.2. The van der Waals surface area contributed by atoms with Crippen LogP contribution in [-0.4, -0.2) is 36.2 Å². The highest BCUT2D eigenvalue weighted by atomic mass is 79.9. The molecule has 0 spiro atoms. The Morgan fingerprint density at radius 3 is 2.68 bits per heavy atom. The van der Waals surface area contributed by atoms with Crippen molar-refractivity contribution < 1.29 is 27.8 Å². The number of carboxylic acids is 1. The minimum atomic E-state index is -4.34. The lowest BCUT2D eigenvalue weighted by Crippen LogP contribution is -2.17. The molecule has 0 aliphatic carbocycles. The van der Waals surface area contributed by atoms with E-state index >= 15 is 0 Å². The molecule has 0 fully saturated rings. The number of ether oxygens (including phenoxy) is 1. The summed E-state index contributed by atoms with van der Waals surface area (Å²) < 4.78 is 40.6. The molecule has 1 aromatic carbocycles. The van der Waals surface area contributed by atoms with E-state index in [0.717, 1.165) is 11.8 Å². The molecule has 0 saturated heterocycles. The van der Waals surface area contributed by atoms with Crippen LogP contribution >= 0.6 is 27.7 Å². The van der Waals surface area contributed by atoms with Gasteiger partial charge in [0.15, 0.2) is 0 Å². The van der Waals surface area contributed by atoms with Crippen molar-refractivity contribution in [1.82, 2.24) is 0 Å². The van der Waals surface area contributed by atoms with Gasteiger partial charge in [-0.05, 0) is 18.2 Å². The predicted molar refractivity (Wildman–Crippen MR) is 68.7 cm³/mol. The van der Waals surface area contributed by atoms with Crippen LogP contribution in [0.25, 0.3) is 0 Å². The normalized spacial score (nSPS) is 11.6. The maximum Gasteiger partial charge on any atom is 0.411 e. The summed E-state index contributed by atoms with van der Waals surface area (Å²) in [4.78, 5) is 11.4. The largest absolute Gasteiger partial charge is 0.478 e. The van der Waals surface area contributed by atoms with Crippen LogP contribution in [0.4, 0.5) is 13.2 Å². The molecule has 106 valence electrons. The minimum Gasteiger partial charge on any atom is -0.478 e. The van der Waals surface area contributed by atoms with Crippen LogP contribution in [0.15, 0.2) is 27.6 Å². The highest BCUT2D eigenvalue weighted by molar-refractivity contribution is 9.10. The van der Waals surface area contributed by atoms with E-state index in [1.54, 1.807) is 12.1 Å². The zero-order valence-electron chi connectivity index (χ0n) is 9.54. The van der Waals surface area contributed by atoms with E-state index < -0.39 is 18.8 Å². The average Bonchev–Trinajstić information content (AvgIpc) is 2.26. The smallest absolute Gasteiger partial charge is 0.411 e. The molecule has 1 rings (SSSR count). The summed E-state index contributed by atoms with van der Waals surface area (Å²) >= 11 is 4.34. The van der Waals surface area contributed by atoms with Gasteiger partial charge in [0.25, 0.3) is 0 Å². The molecule has 0 amide bonds. The van der Waals surface area contributed by atoms with Crippen LogP contribution in [0.5, 0.6) is 0 Å². The second-order valence-corrected chi connectivity index (χ2v) is 5.51. The number of hydrogen-bond donors (Lipinski definition) is 1. The molecule has 0 saturated carbocycles. The van der Waals surface area contributed by atoms with E-state index in [-0.39, 0.29) is 17.9 Å². The van der Waals surface area contributed by atoms with Gasteiger partial charge in [-0.25, -0.2) is 4.79 Å². The number of thioether (sulfide) groups is 1. The molecule has 0 radical (unpaired) electrons. The Labute approximate surface area is 120 Å². The van der Waals surface area contributed by atoms with E-state index in [4.69, 9.17) is 5.11 Å². The topological polar surface area (TPSA) is 46.5 Å². The van der Waals surface area contributed by atoms with Crippen molar-refractivity contribution in [2.45, 2.75) is 11.1 Å². The van der Waals surface area contributed by atoms with Gasteiger partial charge in [0.1, 0.15) is 6.61 Å². The molecule has 0 aliphatic rings. The first-order valence-electron chi connectivity index (χ1n) is 5.10. The van der Waals surface area contributed by atoms with Gasteiger partial charge in [-0.3, -0.25) is 0 Å². The van der Waals surface area contributed by atoms with E-state index in [9.17, 15) is 18.0 Å². The van der Waals surface area contributed by atoms with Crippen LogP contribution in [0, 0.1) is 0 Å².